The number of nitrogens with one attached hydrogen (secondary N) is 2. The van der Waals surface area contributed by atoms with Gasteiger partial charge in [0, 0.05) is 17.4 Å². The van der Waals surface area contributed by atoms with Crippen molar-refractivity contribution in [3.63, 3.8) is 0 Å². The average Bonchev–Trinajstić information content (AvgIpc) is 2.56. The Bertz CT molecular complexity index is 487. The molecule has 120 valence electrons. The molecule has 2 rings (SSSR count). The second-order valence-electron chi connectivity index (χ2n) is 5.69. The van der Waals surface area contributed by atoms with Crippen LogP contribution in [0.2, 0.25) is 0 Å². The van der Waals surface area contributed by atoms with Crippen molar-refractivity contribution >= 4 is 23.6 Å². The van der Waals surface area contributed by atoms with Crippen molar-refractivity contribution in [2.24, 2.45) is 0 Å². The van der Waals surface area contributed by atoms with E-state index in [4.69, 9.17) is 0 Å². The lowest BCUT2D eigenvalue weighted by molar-refractivity contribution is -0.123. The van der Waals surface area contributed by atoms with Crippen molar-refractivity contribution in [1.82, 2.24) is 10.6 Å². The molecule has 0 aromatic heterocycles. The first-order valence-corrected chi connectivity index (χ1v) is 9.25. The van der Waals surface area contributed by atoms with Gasteiger partial charge in [0.15, 0.2) is 0 Å². The van der Waals surface area contributed by atoms with Crippen LogP contribution in [0.25, 0.3) is 0 Å². The summed E-state index contributed by atoms with van der Waals surface area (Å²) in [6, 6.07) is 8.80. The number of hydrogen-bond acceptors (Lipinski definition) is 3. The van der Waals surface area contributed by atoms with Crippen LogP contribution in [-0.2, 0) is 4.79 Å². The van der Waals surface area contributed by atoms with E-state index in [1.54, 1.807) is 23.9 Å². The lowest BCUT2D eigenvalue weighted by Crippen LogP contribution is -2.51. The Morgan fingerprint density at radius 3 is 2.50 bits per heavy atom. The number of carbonyl (C=O) groups is 2. The zero-order valence-electron chi connectivity index (χ0n) is 13.0. The Morgan fingerprint density at radius 1 is 1.18 bits per heavy atom. The highest BCUT2D eigenvalue weighted by molar-refractivity contribution is 7.98. The topological polar surface area (TPSA) is 58.2 Å². The Labute approximate surface area is 136 Å². The smallest absolute Gasteiger partial charge is 0.251 e. The van der Waals surface area contributed by atoms with E-state index in [0.717, 1.165) is 12.8 Å². The third kappa shape index (κ3) is 5.05. The van der Waals surface area contributed by atoms with Gasteiger partial charge in [0.25, 0.3) is 5.91 Å². The van der Waals surface area contributed by atoms with E-state index in [1.807, 2.05) is 24.5 Å². The number of hydrogen-bond donors (Lipinski definition) is 2. The van der Waals surface area contributed by atoms with Crippen molar-refractivity contribution in [2.75, 3.05) is 12.0 Å². The highest BCUT2D eigenvalue weighted by Gasteiger charge is 2.24. The van der Waals surface area contributed by atoms with E-state index in [9.17, 15) is 9.59 Å². The first kappa shape index (κ1) is 16.9. The van der Waals surface area contributed by atoms with Crippen LogP contribution in [-0.4, -0.2) is 35.9 Å². The molecule has 0 bridgehead atoms. The Balaban J connectivity index is 1.93. The molecule has 1 aliphatic carbocycles. The summed E-state index contributed by atoms with van der Waals surface area (Å²) in [6.45, 7) is 0. The molecule has 1 fully saturated rings. The third-order valence-electron chi connectivity index (χ3n) is 3.94. The number of benzene rings is 1. The van der Waals surface area contributed by atoms with Gasteiger partial charge < -0.3 is 10.6 Å². The molecule has 1 aromatic carbocycles. The maximum absolute atomic E-state index is 12.4. The van der Waals surface area contributed by atoms with Crippen LogP contribution in [0.3, 0.4) is 0 Å². The van der Waals surface area contributed by atoms with Gasteiger partial charge in [-0.05, 0) is 31.2 Å². The van der Waals surface area contributed by atoms with Gasteiger partial charge in [-0.15, -0.1) is 0 Å². The molecule has 1 aliphatic rings. The van der Waals surface area contributed by atoms with Gasteiger partial charge in [0.1, 0.15) is 6.04 Å². The molecule has 1 atom stereocenters. The Hall–Kier alpha value is -1.49. The second-order valence-corrected chi connectivity index (χ2v) is 6.60. The lowest BCUT2D eigenvalue weighted by atomic mass is 9.95. The minimum Gasteiger partial charge on any atom is -0.352 e. The molecule has 22 heavy (non-hydrogen) atoms. The maximum Gasteiger partial charge on any atom is 0.251 e. The summed E-state index contributed by atoms with van der Waals surface area (Å²) in [6.07, 6.45) is 7.64. The molecule has 0 radical (unpaired) electrons. The molecular weight excluding hydrogens is 296 g/mol. The van der Waals surface area contributed by atoms with Crippen LogP contribution in [0.15, 0.2) is 30.3 Å². The van der Waals surface area contributed by atoms with Gasteiger partial charge in [0.05, 0.1) is 0 Å². The normalized spacial score (nSPS) is 16.8. The van der Waals surface area contributed by atoms with Gasteiger partial charge in [0.2, 0.25) is 5.91 Å². The number of amides is 2. The van der Waals surface area contributed by atoms with Crippen LogP contribution in [0, 0.1) is 0 Å². The molecule has 2 amide bonds. The van der Waals surface area contributed by atoms with Gasteiger partial charge in [-0.2, -0.15) is 11.8 Å². The largest absolute Gasteiger partial charge is 0.352 e. The molecule has 0 aliphatic heterocycles. The van der Waals surface area contributed by atoms with Crippen LogP contribution in [0.1, 0.15) is 42.5 Å². The van der Waals surface area contributed by atoms with Crippen LogP contribution in [0.5, 0.6) is 0 Å². The highest BCUT2D eigenvalue weighted by atomic mass is 32.2. The summed E-state index contributed by atoms with van der Waals surface area (Å²) in [5.41, 5.74) is 0.582. The molecule has 1 aromatic rings. The highest BCUT2D eigenvalue weighted by Crippen LogP contribution is 2.17. The SMILES string of the molecule is CSC[C@H](NC(=O)c1ccccc1)C(=O)NC1CCCCC1. The summed E-state index contributed by atoms with van der Waals surface area (Å²) in [5.74, 6) is 0.320. The first-order chi connectivity index (χ1) is 10.7. The fourth-order valence-corrected chi connectivity index (χ4v) is 3.30. The minimum absolute atomic E-state index is 0.0643. The summed E-state index contributed by atoms with van der Waals surface area (Å²) < 4.78 is 0. The van der Waals surface area contributed by atoms with Crippen molar-refractivity contribution in [3.8, 4) is 0 Å². The molecule has 0 saturated heterocycles. The van der Waals surface area contributed by atoms with Gasteiger partial charge in [-0.25, -0.2) is 0 Å². The zero-order chi connectivity index (χ0) is 15.8. The Kier molecular flexibility index (Phi) is 6.77. The van der Waals surface area contributed by atoms with Gasteiger partial charge >= 0.3 is 0 Å². The number of thioether (sulfide) groups is 1. The number of carbonyl (C=O) groups excluding carboxylic acids is 2. The van der Waals surface area contributed by atoms with E-state index >= 15 is 0 Å². The van der Waals surface area contributed by atoms with Crippen molar-refractivity contribution in [1.29, 1.82) is 0 Å². The fourth-order valence-electron chi connectivity index (χ4n) is 2.73. The van der Waals surface area contributed by atoms with E-state index in [-0.39, 0.29) is 17.9 Å². The molecule has 4 nitrogen and oxygen atoms in total. The van der Waals surface area contributed by atoms with Crippen LogP contribution < -0.4 is 10.6 Å². The molecule has 0 spiro atoms. The quantitative estimate of drug-likeness (QED) is 0.847. The summed E-state index contributed by atoms with van der Waals surface area (Å²) in [5, 5.41) is 5.95. The average molecular weight is 320 g/mol. The Morgan fingerprint density at radius 2 is 1.86 bits per heavy atom. The molecule has 5 heteroatoms. The van der Waals surface area contributed by atoms with Crippen molar-refractivity contribution in [3.05, 3.63) is 35.9 Å². The number of rotatable bonds is 6. The van der Waals surface area contributed by atoms with Crippen LogP contribution in [0.4, 0.5) is 0 Å². The molecule has 2 N–H and O–H groups in total. The summed E-state index contributed by atoms with van der Waals surface area (Å²) >= 11 is 1.56. The minimum atomic E-state index is -0.482. The van der Waals surface area contributed by atoms with Crippen molar-refractivity contribution in [2.45, 2.75) is 44.2 Å². The molecule has 1 saturated carbocycles. The summed E-state index contributed by atoms with van der Waals surface area (Å²) in [4.78, 5) is 24.7. The predicted molar refractivity (Wildman–Crippen MR) is 91.1 cm³/mol. The van der Waals surface area contributed by atoms with Gasteiger partial charge in [-0.1, -0.05) is 37.5 Å². The van der Waals surface area contributed by atoms with Gasteiger partial charge in [-0.3, -0.25) is 9.59 Å². The van der Waals surface area contributed by atoms with E-state index in [0.29, 0.717) is 11.3 Å². The zero-order valence-corrected chi connectivity index (χ0v) is 13.8. The van der Waals surface area contributed by atoms with E-state index in [2.05, 4.69) is 10.6 Å². The summed E-state index contributed by atoms with van der Waals surface area (Å²) in [7, 11) is 0. The molecule has 0 heterocycles. The maximum atomic E-state index is 12.4. The monoisotopic (exact) mass is 320 g/mol. The van der Waals surface area contributed by atoms with E-state index in [1.165, 1.54) is 19.3 Å². The van der Waals surface area contributed by atoms with Crippen LogP contribution >= 0.6 is 11.8 Å². The fraction of sp³-hybridized carbons (Fsp3) is 0.529. The van der Waals surface area contributed by atoms with Crippen molar-refractivity contribution < 1.29 is 9.59 Å². The van der Waals surface area contributed by atoms with E-state index < -0.39 is 6.04 Å². The molecular formula is C17H24N2O2S. The standard InChI is InChI=1S/C17H24N2O2S/c1-22-12-15(17(21)18-14-10-6-3-7-11-14)19-16(20)13-8-4-2-5-9-13/h2,4-5,8-9,14-15H,3,6-7,10-12H2,1H3,(H,18,21)(H,19,20)/t15-/m0/s1. The second kappa shape index (κ2) is 8.83. The third-order valence-corrected chi connectivity index (χ3v) is 4.61. The lowest BCUT2D eigenvalue weighted by Gasteiger charge is -2.25. The predicted octanol–water partition coefficient (Wildman–Crippen LogP) is 2.60. The first-order valence-electron chi connectivity index (χ1n) is 7.86. The molecule has 0 unspecified atom stereocenters.